The topological polar surface area (TPSA) is 92.9 Å². The Kier molecular flexibility index (Phi) is 6.65. The van der Waals surface area contributed by atoms with Crippen LogP contribution in [-0.2, 0) is 20.5 Å². The van der Waals surface area contributed by atoms with E-state index < -0.39 is 11.0 Å². The zero-order valence-corrected chi connectivity index (χ0v) is 14.3. The number of nitrogens with zero attached hydrogens (tertiary/aromatic N) is 2. The summed E-state index contributed by atoms with van der Waals surface area (Å²) in [7, 11) is 0.336. The molecule has 0 bridgehead atoms. The van der Waals surface area contributed by atoms with E-state index >= 15 is 0 Å². The largest absolute Gasteiger partial charge is 0.446 e. The van der Waals surface area contributed by atoms with E-state index in [0.29, 0.717) is 35.6 Å². The van der Waals surface area contributed by atoms with Gasteiger partial charge in [-0.3, -0.25) is 9.59 Å². The van der Waals surface area contributed by atoms with Crippen molar-refractivity contribution < 1.29 is 18.5 Å². The molecule has 2 unspecified atom stereocenters. The summed E-state index contributed by atoms with van der Waals surface area (Å²) >= 11 is 0. The second-order valence-corrected chi connectivity index (χ2v) is 6.98. The maximum Gasteiger partial charge on any atom is 0.294 e. The first kappa shape index (κ1) is 18.3. The molecule has 0 radical (unpaired) electrons. The van der Waals surface area contributed by atoms with Crippen LogP contribution in [0.1, 0.15) is 22.3 Å². The van der Waals surface area contributed by atoms with Gasteiger partial charge in [-0.1, -0.05) is 12.1 Å². The summed E-state index contributed by atoms with van der Waals surface area (Å²) in [6, 6.07) is 5.15. The predicted octanol–water partition coefficient (Wildman–Crippen LogP) is 0.588. The first-order valence-electron chi connectivity index (χ1n) is 7.51. The third kappa shape index (κ3) is 4.50. The zero-order chi connectivity index (χ0) is 17.5. The highest BCUT2D eigenvalue weighted by Crippen LogP contribution is 2.23. The summed E-state index contributed by atoms with van der Waals surface area (Å²) in [6.45, 7) is 1.67. The third-order valence-corrected chi connectivity index (χ3v) is 5.21. The van der Waals surface area contributed by atoms with Gasteiger partial charge in [0.1, 0.15) is 11.0 Å². The lowest BCUT2D eigenvalue weighted by Crippen LogP contribution is -2.28. The summed E-state index contributed by atoms with van der Waals surface area (Å²) in [6.07, 6.45) is 4.90. The predicted molar refractivity (Wildman–Crippen MR) is 91.2 cm³/mol. The van der Waals surface area contributed by atoms with Crippen molar-refractivity contribution in [2.24, 2.45) is 5.73 Å². The lowest BCUT2D eigenvalue weighted by atomic mass is 10.1. The number of benzene rings is 1. The van der Waals surface area contributed by atoms with Crippen molar-refractivity contribution >= 4 is 29.8 Å². The summed E-state index contributed by atoms with van der Waals surface area (Å²) in [5.74, 6) is 0. The van der Waals surface area contributed by atoms with Crippen LogP contribution in [0.3, 0.4) is 0 Å². The molecule has 0 spiro atoms. The highest BCUT2D eigenvalue weighted by molar-refractivity contribution is 7.82. The van der Waals surface area contributed by atoms with Crippen LogP contribution in [0.25, 0.3) is 6.08 Å². The van der Waals surface area contributed by atoms with Crippen molar-refractivity contribution in [3.8, 4) is 0 Å². The van der Waals surface area contributed by atoms with Crippen molar-refractivity contribution in [3.05, 3.63) is 35.5 Å². The van der Waals surface area contributed by atoms with Gasteiger partial charge in [0.05, 0.1) is 4.90 Å². The van der Waals surface area contributed by atoms with Gasteiger partial charge in [-0.25, -0.2) is 8.51 Å². The fourth-order valence-electron chi connectivity index (χ4n) is 2.43. The van der Waals surface area contributed by atoms with Crippen molar-refractivity contribution in [1.29, 1.82) is 0 Å². The number of rotatable bonds is 8. The first-order chi connectivity index (χ1) is 11.6. The van der Waals surface area contributed by atoms with E-state index in [2.05, 4.69) is 4.74 Å². The highest BCUT2D eigenvalue weighted by atomic mass is 32.2. The van der Waals surface area contributed by atoms with Crippen molar-refractivity contribution in [1.82, 2.24) is 9.21 Å². The lowest BCUT2D eigenvalue weighted by molar-refractivity contribution is -0.131. The van der Waals surface area contributed by atoms with Gasteiger partial charge in [0, 0.05) is 43.5 Å². The minimum atomic E-state index is -1.39. The fraction of sp³-hybridized carbons (Fsp3) is 0.375. The molecule has 8 heteroatoms. The molecule has 2 N–H and O–H groups in total. The molecule has 0 aromatic heterocycles. The molecule has 1 aromatic carbocycles. The molecule has 2 rings (SSSR count). The first-order valence-corrected chi connectivity index (χ1v) is 8.61. The van der Waals surface area contributed by atoms with E-state index in [4.69, 9.17) is 5.73 Å². The average Bonchev–Trinajstić information content (AvgIpc) is 3.03. The summed E-state index contributed by atoms with van der Waals surface area (Å²) in [5, 5.41) is 0. The minimum absolute atomic E-state index is 0.0221. The van der Waals surface area contributed by atoms with Crippen molar-refractivity contribution in [3.63, 3.8) is 0 Å². The second kappa shape index (κ2) is 8.72. The van der Waals surface area contributed by atoms with Gasteiger partial charge >= 0.3 is 0 Å². The number of ether oxygens (including phenoxy) is 1. The molecular formula is C16H21N3O4S. The SMILES string of the molecule is CN(/C=C\c1c(C=O)cccc1S(=O)N1CCC(N)C1)COC=O. The molecule has 1 aromatic rings. The number of carbonyl (C=O) groups excluding carboxylic acids is 2. The van der Waals surface area contributed by atoms with Crippen LogP contribution in [0.2, 0.25) is 0 Å². The second-order valence-electron chi connectivity index (χ2n) is 5.53. The Morgan fingerprint density at radius 2 is 2.25 bits per heavy atom. The van der Waals surface area contributed by atoms with Crippen LogP contribution in [0, 0.1) is 0 Å². The molecule has 1 fully saturated rings. The van der Waals surface area contributed by atoms with E-state index in [1.54, 1.807) is 42.4 Å². The number of aldehydes is 1. The van der Waals surface area contributed by atoms with Crippen LogP contribution >= 0.6 is 0 Å². The molecule has 7 nitrogen and oxygen atoms in total. The van der Waals surface area contributed by atoms with Crippen LogP contribution in [-0.4, -0.2) is 59.1 Å². The normalized spacial score (nSPS) is 19.3. The van der Waals surface area contributed by atoms with Gasteiger partial charge in [-0.15, -0.1) is 0 Å². The van der Waals surface area contributed by atoms with Gasteiger partial charge in [0.15, 0.2) is 13.0 Å². The molecule has 130 valence electrons. The van der Waals surface area contributed by atoms with Gasteiger partial charge in [-0.2, -0.15) is 0 Å². The standard InChI is InChI=1S/C16H21N3O4S/c1-18(11-23-12-21)7-6-15-13(10-20)3-2-4-16(15)24(22)19-8-5-14(17)9-19/h2-4,6-7,10,12,14H,5,8-9,11,17H2,1H3/b7-6-. The van der Waals surface area contributed by atoms with Gasteiger partial charge < -0.3 is 15.4 Å². The molecular weight excluding hydrogens is 330 g/mol. The molecule has 0 amide bonds. The lowest BCUT2D eigenvalue weighted by Gasteiger charge is -2.17. The summed E-state index contributed by atoms with van der Waals surface area (Å²) < 4.78 is 19.3. The molecule has 1 saturated heterocycles. The molecule has 24 heavy (non-hydrogen) atoms. The number of hydrogen-bond acceptors (Lipinski definition) is 6. The maximum absolute atomic E-state index is 12.8. The van der Waals surface area contributed by atoms with Gasteiger partial charge in [-0.05, 0) is 18.6 Å². The van der Waals surface area contributed by atoms with Crippen molar-refractivity contribution in [2.45, 2.75) is 17.4 Å². The average molecular weight is 351 g/mol. The van der Waals surface area contributed by atoms with Gasteiger partial charge in [0.2, 0.25) is 0 Å². The van der Waals surface area contributed by atoms with E-state index in [1.165, 1.54) is 0 Å². The van der Waals surface area contributed by atoms with Crippen LogP contribution < -0.4 is 5.73 Å². The molecule has 1 aliphatic rings. The highest BCUT2D eigenvalue weighted by Gasteiger charge is 2.26. The minimum Gasteiger partial charge on any atom is -0.446 e. The Morgan fingerprint density at radius 1 is 1.46 bits per heavy atom. The van der Waals surface area contributed by atoms with Crippen LogP contribution in [0.5, 0.6) is 0 Å². The Balaban J connectivity index is 2.28. The number of nitrogens with two attached hydrogens (primary N) is 1. The molecule has 0 aliphatic carbocycles. The maximum atomic E-state index is 12.8. The number of hydrogen-bond donors (Lipinski definition) is 1. The third-order valence-electron chi connectivity index (χ3n) is 3.68. The Hall–Kier alpha value is -2.03. The quantitative estimate of drug-likeness (QED) is 0.544. The van der Waals surface area contributed by atoms with Gasteiger partial charge in [0.25, 0.3) is 6.47 Å². The van der Waals surface area contributed by atoms with E-state index in [-0.39, 0.29) is 12.8 Å². The molecule has 1 heterocycles. The Morgan fingerprint density at radius 3 is 2.88 bits per heavy atom. The smallest absolute Gasteiger partial charge is 0.294 e. The molecule has 1 aliphatic heterocycles. The number of carbonyl (C=O) groups is 2. The van der Waals surface area contributed by atoms with Crippen LogP contribution in [0.4, 0.5) is 0 Å². The molecule has 0 saturated carbocycles. The summed E-state index contributed by atoms with van der Waals surface area (Å²) in [4.78, 5) is 23.8. The van der Waals surface area contributed by atoms with Crippen LogP contribution in [0.15, 0.2) is 29.3 Å². The van der Waals surface area contributed by atoms with E-state index in [0.717, 1.165) is 12.7 Å². The Labute approximate surface area is 143 Å². The summed E-state index contributed by atoms with van der Waals surface area (Å²) in [5.41, 5.74) is 6.92. The van der Waals surface area contributed by atoms with Crippen molar-refractivity contribution in [2.75, 3.05) is 26.9 Å². The van der Waals surface area contributed by atoms with E-state index in [1.807, 2.05) is 4.31 Å². The monoisotopic (exact) mass is 351 g/mol. The fourth-order valence-corrected chi connectivity index (χ4v) is 3.88. The molecule has 2 atom stereocenters. The Bertz CT molecular complexity index is 650. The zero-order valence-electron chi connectivity index (χ0n) is 13.5. The van der Waals surface area contributed by atoms with E-state index in [9.17, 15) is 13.8 Å².